The molecule has 10 nitrogen and oxygen atoms in total. The quantitative estimate of drug-likeness (QED) is 0.0820. The van der Waals surface area contributed by atoms with E-state index < -0.39 is 0 Å². The lowest BCUT2D eigenvalue weighted by molar-refractivity contribution is 0.0521. The number of anilines is 1. The number of hydrogen-bond acceptors (Lipinski definition) is 7. The Morgan fingerprint density at radius 1 is 0.881 bits per heavy atom. The average Bonchev–Trinajstić information content (AvgIpc) is 3.69. The highest BCUT2D eigenvalue weighted by molar-refractivity contribution is 7.71. The summed E-state index contributed by atoms with van der Waals surface area (Å²) >= 11 is 5.21. The summed E-state index contributed by atoms with van der Waals surface area (Å²) in [6.45, 7) is 5.59. The highest BCUT2D eigenvalue weighted by atomic mass is 32.1. The van der Waals surface area contributed by atoms with Gasteiger partial charge in [-0.1, -0.05) is 60.7 Å². The average molecular weight is 590 g/mol. The fraction of sp³-hybridized carbons (Fsp3) is 0.258. The van der Waals surface area contributed by atoms with Crippen LogP contribution in [0.4, 0.5) is 5.69 Å². The fourth-order valence-corrected chi connectivity index (χ4v) is 4.44. The fourth-order valence-electron chi connectivity index (χ4n) is 4.16. The molecule has 0 radical (unpaired) electrons. The van der Waals surface area contributed by atoms with E-state index in [0.29, 0.717) is 62.1 Å². The van der Waals surface area contributed by atoms with Gasteiger partial charge >= 0.3 is 5.97 Å². The van der Waals surface area contributed by atoms with Gasteiger partial charge in [0.2, 0.25) is 0 Å². The van der Waals surface area contributed by atoms with E-state index >= 15 is 0 Å². The summed E-state index contributed by atoms with van der Waals surface area (Å²) in [7, 11) is 0. The number of rotatable bonds is 13. The Kier molecular flexibility index (Phi) is 11.7. The molecule has 5 aromatic rings. The normalized spacial score (nSPS) is 10.7. The zero-order valence-electron chi connectivity index (χ0n) is 23.4. The van der Waals surface area contributed by atoms with Crippen LogP contribution in [0.3, 0.4) is 0 Å². The van der Waals surface area contributed by atoms with Gasteiger partial charge in [0.15, 0.2) is 4.77 Å². The van der Waals surface area contributed by atoms with E-state index in [0.717, 1.165) is 22.3 Å². The summed E-state index contributed by atoms with van der Waals surface area (Å²) in [5.74, 6) is -0.352. The van der Waals surface area contributed by atoms with Crippen molar-refractivity contribution in [1.29, 1.82) is 0 Å². The Morgan fingerprint density at radius 2 is 1.52 bits per heavy atom. The van der Waals surface area contributed by atoms with Crippen LogP contribution in [0.25, 0.3) is 11.0 Å². The maximum atomic E-state index is 11.7. The number of esters is 1. The summed E-state index contributed by atoms with van der Waals surface area (Å²) in [6, 6.07) is 23.7. The molecule has 3 aromatic heterocycles. The van der Waals surface area contributed by atoms with Crippen molar-refractivity contribution in [3.63, 3.8) is 0 Å². The van der Waals surface area contributed by atoms with Crippen molar-refractivity contribution >= 4 is 34.9 Å². The predicted octanol–water partition coefficient (Wildman–Crippen LogP) is 5.42. The molecule has 4 N–H and O–H groups in total. The molecule has 0 aliphatic carbocycles. The van der Waals surface area contributed by atoms with E-state index in [1.807, 2.05) is 77.4 Å². The predicted molar refractivity (Wildman–Crippen MR) is 165 cm³/mol. The van der Waals surface area contributed by atoms with Gasteiger partial charge in [0.05, 0.1) is 44.2 Å². The molecule has 0 aliphatic heterocycles. The second-order valence-electron chi connectivity index (χ2n) is 9.14. The van der Waals surface area contributed by atoms with Crippen molar-refractivity contribution in [3.8, 4) is 0 Å². The van der Waals surface area contributed by atoms with Crippen LogP contribution in [-0.4, -0.2) is 51.9 Å². The Hall–Kier alpha value is -4.45. The molecular weight excluding hydrogens is 554 g/mol. The number of H-pyrrole nitrogens is 3. The first kappa shape index (κ1) is 30.5. The van der Waals surface area contributed by atoms with E-state index in [1.54, 1.807) is 19.3 Å². The van der Waals surface area contributed by atoms with Crippen molar-refractivity contribution in [1.82, 2.24) is 19.5 Å². The molecular formula is C31H35N5O5S. The maximum Gasteiger partial charge on any atom is 0.356 e. The van der Waals surface area contributed by atoms with Crippen molar-refractivity contribution < 1.29 is 19.0 Å². The van der Waals surface area contributed by atoms with Crippen molar-refractivity contribution in [2.24, 2.45) is 0 Å². The highest BCUT2D eigenvalue weighted by Gasteiger charge is 2.13. The molecule has 0 atom stereocenters. The number of hydrogen-bond donors (Lipinski definition) is 4. The number of aromatic amines is 3. The van der Waals surface area contributed by atoms with E-state index in [-0.39, 0.29) is 11.5 Å². The van der Waals surface area contributed by atoms with Crippen molar-refractivity contribution in [2.75, 3.05) is 31.7 Å². The molecule has 0 bridgehead atoms. The summed E-state index contributed by atoms with van der Waals surface area (Å²) < 4.78 is 18.5. The van der Waals surface area contributed by atoms with Crippen LogP contribution < -0.4 is 10.9 Å². The molecule has 0 saturated heterocycles. The van der Waals surface area contributed by atoms with Crippen LogP contribution in [-0.2, 0) is 34.0 Å². The third-order valence-electron chi connectivity index (χ3n) is 6.18. The minimum Gasteiger partial charge on any atom is -0.461 e. The first-order chi connectivity index (χ1) is 20.6. The van der Waals surface area contributed by atoms with Crippen LogP contribution in [0, 0.1) is 4.77 Å². The standard InChI is InChI=1S/C16H20N2O3.C15H15N3O2S/c1-2-21-16(19)15-14(8-9-18-15)17-10-11-20-12-13-6-4-3-5-7-13;19-14-13-12(6-7-16-13)18(15(21)17-14)8-9-20-10-11-4-2-1-3-5-11/h3-9,17-18H,2,10-12H2,1H3;1-7,16H,8-10H2,(H,17,19,21). The zero-order valence-corrected chi connectivity index (χ0v) is 24.2. The number of nitrogens with one attached hydrogen (secondary N) is 4. The van der Waals surface area contributed by atoms with Gasteiger partial charge in [0.25, 0.3) is 5.56 Å². The molecule has 3 heterocycles. The number of carbonyl (C=O) groups excluding carboxylic acids is 1. The molecule has 0 unspecified atom stereocenters. The minimum atomic E-state index is -0.352. The number of carbonyl (C=O) groups is 1. The Bertz CT molecular complexity index is 1640. The summed E-state index contributed by atoms with van der Waals surface area (Å²) in [5.41, 5.74) is 4.59. The van der Waals surface area contributed by atoms with Gasteiger partial charge in [-0.2, -0.15) is 0 Å². The van der Waals surface area contributed by atoms with E-state index in [2.05, 4.69) is 20.3 Å². The highest BCUT2D eigenvalue weighted by Crippen LogP contribution is 2.14. The molecule has 0 fully saturated rings. The second kappa shape index (κ2) is 16.1. The van der Waals surface area contributed by atoms with Crippen molar-refractivity contribution in [2.45, 2.75) is 26.7 Å². The molecule has 42 heavy (non-hydrogen) atoms. The SMILES string of the molecule is CCOC(=O)c1[nH]ccc1NCCOCc1ccccc1.O=c1[nH]c(=S)n(CCOCc2ccccc2)c2cc[nH]c12. The number of aromatic nitrogens is 4. The third-order valence-corrected chi connectivity index (χ3v) is 6.50. The largest absolute Gasteiger partial charge is 0.461 e. The molecule has 0 saturated carbocycles. The lowest BCUT2D eigenvalue weighted by Crippen LogP contribution is -2.16. The van der Waals surface area contributed by atoms with Gasteiger partial charge in [-0.3, -0.25) is 9.78 Å². The smallest absolute Gasteiger partial charge is 0.356 e. The van der Waals surface area contributed by atoms with Gasteiger partial charge in [0, 0.05) is 25.5 Å². The van der Waals surface area contributed by atoms with Crippen LogP contribution in [0.5, 0.6) is 0 Å². The maximum absolute atomic E-state index is 11.7. The first-order valence-corrected chi connectivity index (χ1v) is 14.1. The number of ether oxygens (including phenoxy) is 3. The lowest BCUT2D eigenvalue weighted by atomic mass is 10.2. The molecule has 5 rings (SSSR count). The van der Waals surface area contributed by atoms with Gasteiger partial charge in [-0.15, -0.1) is 0 Å². The molecule has 0 amide bonds. The topological polar surface area (TPSA) is 126 Å². The van der Waals surface area contributed by atoms with E-state index in [9.17, 15) is 9.59 Å². The van der Waals surface area contributed by atoms with Crippen LogP contribution in [0.1, 0.15) is 28.5 Å². The molecule has 11 heteroatoms. The van der Waals surface area contributed by atoms with Crippen LogP contribution in [0.15, 0.2) is 90.0 Å². The summed E-state index contributed by atoms with van der Waals surface area (Å²) in [4.78, 5) is 31.9. The summed E-state index contributed by atoms with van der Waals surface area (Å²) in [5, 5.41) is 3.16. The number of nitrogens with zero attached hydrogens (tertiary/aromatic N) is 1. The van der Waals surface area contributed by atoms with E-state index in [4.69, 9.17) is 26.4 Å². The number of fused-ring (bicyclic) bond motifs is 1. The Balaban J connectivity index is 0.000000193. The Labute approximate surface area is 248 Å². The Morgan fingerprint density at radius 3 is 2.19 bits per heavy atom. The van der Waals surface area contributed by atoms with Gasteiger partial charge in [0.1, 0.15) is 11.2 Å². The van der Waals surface area contributed by atoms with Crippen LogP contribution >= 0.6 is 12.2 Å². The lowest BCUT2D eigenvalue weighted by Gasteiger charge is -2.09. The third kappa shape index (κ3) is 8.77. The first-order valence-electron chi connectivity index (χ1n) is 13.7. The van der Waals surface area contributed by atoms with Gasteiger partial charge < -0.3 is 34.1 Å². The zero-order chi connectivity index (χ0) is 29.6. The summed E-state index contributed by atoms with van der Waals surface area (Å²) in [6.07, 6.45) is 3.44. The van der Waals surface area contributed by atoms with Gasteiger partial charge in [-0.05, 0) is 42.4 Å². The molecule has 0 spiro atoms. The van der Waals surface area contributed by atoms with Crippen molar-refractivity contribution in [3.05, 3.63) is 117 Å². The number of benzene rings is 2. The second-order valence-corrected chi connectivity index (χ2v) is 9.53. The monoisotopic (exact) mass is 589 g/mol. The molecule has 0 aliphatic rings. The molecule has 220 valence electrons. The van der Waals surface area contributed by atoms with Crippen LogP contribution in [0.2, 0.25) is 0 Å². The van der Waals surface area contributed by atoms with E-state index in [1.165, 1.54) is 0 Å². The molecule has 2 aromatic carbocycles. The minimum absolute atomic E-state index is 0.193. The van der Waals surface area contributed by atoms with Gasteiger partial charge in [-0.25, -0.2) is 4.79 Å².